The highest BCUT2D eigenvalue weighted by atomic mass is 16.6. The van der Waals surface area contributed by atoms with Gasteiger partial charge in [-0.25, -0.2) is 10.5 Å². The van der Waals surface area contributed by atoms with Crippen LogP contribution in [0, 0.1) is 12.3 Å². The number of nitrogens with zero attached hydrogens (tertiary/aromatic N) is 1. The number of amides is 1. The van der Waals surface area contributed by atoms with Crippen molar-refractivity contribution in [2.75, 3.05) is 25.0 Å². The highest BCUT2D eigenvalue weighted by Gasteiger charge is 2.16. The maximum Gasteiger partial charge on any atom is 0.290 e. The van der Waals surface area contributed by atoms with Crippen LogP contribution < -0.4 is 27.4 Å². The molecule has 0 radical (unpaired) electrons. The second-order valence-corrected chi connectivity index (χ2v) is 7.63. The van der Waals surface area contributed by atoms with Gasteiger partial charge in [0.05, 0.1) is 18.7 Å². The van der Waals surface area contributed by atoms with E-state index in [0.29, 0.717) is 17.9 Å². The first kappa shape index (κ1) is 24.5. The number of H-pyrrole nitrogens is 1. The van der Waals surface area contributed by atoms with Crippen LogP contribution >= 0.6 is 0 Å². The van der Waals surface area contributed by atoms with Gasteiger partial charge in [-0.1, -0.05) is 60.7 Å². The number of nitrogens with two attached hydrogens (primary N) is 1. The third-order valence-electron chi connectivity index (χ3n) is 5.11. The zero-order valence-corrected chi connectivity index (χ0v) is 18.9. The summed E-state index contributed by atoms with van der Waals surface area (Å²) < 4.78 is 0. The zero-order valence-electron chi connectivity index (χ0n) is 18.9. The summed E-state index contributed by atoms with van der Waals surface area (Å²) in [5.41, 5.74) is 10.2. The van der Waals surface area contributed by atoms with Crippen LogP contribution in [0.15, 0.2) is 65.5 Å². The number of carbonyl (C=O) groups is 1. The minimum absolute atomic E-state index is 0.00176. The summed E-state index contributed by atoms with van der Waals surface area (Å²) in [5.74, 6) is -0.410. The highest BCUT2D eigenvalue weighted by molar-refractivity contribution is 5.78. The molecule has 10 heteroatoms. The molecular formula is C24H29N7O3. The van der Waals surface area contributed by atoms with Gasteiger partial charge in [0.25, 0.3) is 5.56 Å². The Labute approximate surface area is 197 Å². The molecule has 1 heterocycles. The smallest absolute Gasteiger partial charge is 0.290 e. The van der Waals surface area contributed by atoms with Gasteiger partial charge in [0, 0.05) is 24.7 Å². The van der Waals surface area contributed by atoms with Crippen LogP contribution in [0.25, 0.3) is 0 Å². The Morgan fingerprint density at radius 1 is 1.12 bits per heavy atom. The van der Waals surface area contributed by atoms with Gasteiger partial charge < -0.3 is 21.4 Å². The van der Waals surface area contributed by atoms with Crippen LogP contribution in [-0.2, 0) is 16.1 Å². The van der Waals surface area contributed by atoms with E-state index in [1.54, 1.807) is 6.92 Å². The largest absolute Gasteiger partial charge is 0.368 e. The number of hydroxylamine groups is 1. The number of rotatable bonds is 11. The number of benzene rings is 2. The fraction of sp³-hybridized carbons (Fsp3) is 0.250. The fourth-order valence-electron chi connectivity index (χ4n) is 3.45. The molecule has 2 aromatic carbocycles. The van der Waals surface area contributed by atoms with Gasteiger partial charge in [0.15, 0.2) is 5.82 Å². The zero-order chi connectivity index (χ0) is 24.3. The maximum absolute atomic E-state index is 12.5. The first-order valence-corrected chi connectivity index (χ1v) is 10.9. The number of nitrogens with one attached hydrogen (secondary N) is 5. The van der Waals surface area contributed by atoms with Gasteiger partial charge in [-0.15, -0.1) is 0 Å². The van der Waals surface area contributed by atoms with Crippen molar-refractivity contribution < 1.29 is 9.63 Å². The summed E-state index contributed by atoms with van der Waals surface area (Å²) in [5, 5.41) is 12.9. The Morgan fingerprint density at radius 2 is 1.74 bits per heavy atom. The van der Waals surface area contributed by atoms with Gasteiger partial charge in [0.2, 0.25) is 11.9 Å². The van der Waals surface area contributed by atoms with Crippen molar-refractivity contribution in [2.24, 2.45) is 5.73 Å². The van der Waals surface area contributed by atoms with Gasteiger partial charge in [0.1, 0.15) is 0 Å². The molecule has 0 aliphatic rings. The van der Waals surface area contributed by atoms with E-state index in [-0.39, 0.29) is 48.7 Å². The number of guanidine groups is 1. The van der Waals surface area contributed by atoms with Crippen molar-refractivity contribution in [1.29, 1.82) is 5.41 Å². The Balaban J connectivity index is 1.67. The molecule has 0 saturated carbocycles. The topological polar surface area (TPSA) is 158 Å². The molecule has 10 nitrogen and oxygen atoms in total. The first-order chi connectivity index (χ1) is 16.4. The normalized spacial score (nSPS) is 10.6. The SMILES string of the molecule is Cc1[nH]c(=O)c(NCC(c2ccccc2)c2ccccc2)nc1CC(=O)NCCONC(=N)N. The molecule has 0 saturated heterocycles. The minimum Gasteiger partial charge on any atom is -0.368 e. The van der Waals surface area contributed by atoms with E-state index in [0.717, 1.165) is 11.1 Å². The molecule has 34 heavy (non-hydrogen) atoms. The number of hydrogen-bond donors (Lipinski definition) is 6. The molecule has 3 aromatic rings. The van der Waals surface area contributed by atoms with Crippen molar-refractivity contribution in [3.8, 4) is 0 Å². The predicted molar refractivity (Wildman–Crippen MR) is 131 cm³/mol. The number of aromatic nitrogens is 2. The van der Waals surface area contributed by atoms with Crippen molar-refractivity contribution in [3.63, 3.8) is 0 Å². The number of aryl methyl sites for hydroxylation is 1. The van der Waals surface area contributed by atoms with E-state index in [4.69, 9.17) is 16.0 Å². The Hall–Kier alpha value is -4.18. The molecule has 7 N–H and O–H groups in total. The van der Waals surface area contributed by atoms with Crippen molar-refractivity contribution >= 4 is 17.7 Å². The molecule has 0 unspecified atom stereocenters. The molecular weight excluding hydrogens is 434 g/mol. The molecule has 0 aliphatic heterocycles. The molecule has 1 amide bonds. The Kier molecular flexibility index (Phi) is 8.75. The number of anilines is 1. The molecule has 3 rings (SSSR count). The molecule has 0 spiro atoms. The quantitative estimate of drug-likeness (QED) is 0.109. The lowest BCUT2D eigenvalue weighted by Gasteiger charge is -2.19. The van der Waals surface area contributed by atoms with Crippen LogP contribution in [-0.4, -0.2) is 41.5 Å². The average molecular weight is 464 g/mol. The lowest BCUT2D eigenvalue weighted by atomic mass is 9.91. The van der Waals surface area contributed by atoms with E-state index in [1.807, 2.05) is 36.4 Å². The third kappa shape index (κ3) is 7.17. The molecule has 0 aliphatic carbocycles. The average Bonchev–Trinajstić information content (AvgIpc) is 2.83. The summed E-state index contributed by atoms with van der Waals surface area (Å²) in [7, 11) is 0. The van der Waals surface area contributed by atoms with E-state index in [1.165, 1.54) is 0 Å². The van der Waals surface area contributed by atoms with Crippen LogP contribution in [0.2, 0.25) is 0 Å². The van der Waals surface area contributed by atoms with E-state index >= 15 is 0 Å². The van der Waals surface area contributed by atoms with Gasteiger partial charge in [-0.2, -0.15) is 0 Å². The van der Waals surface area contributed by atoms with E-state index < -0.39 is 0 Å². The lowest BCUT2D eigenvalue weighted by Crippen LogP contribution is -2.35. The Morgan fingerprint density at radius 3 is 2.32 bits per heavy atom. The predicted octanol–water partition coefficient (Wildman–Crippen LogP) is 1.40. The van der Waals surface area contributed by atoms with Crippen molar-refractivity contribution in [3.05, 3.63) is 93.5 Å². The number of carbonyl (C=O) groups excluding carboxylic acids is 1. The fourth-order valence-corrected chi connectivity index (χ4v) is 3.45. The summed E-state index contributed by atoms with van der Waals surface area (Å²) in [4.78, 5) is 36.9. The van der Waals surface area contributed by atoms with Gasteiger partial charge in [-0.3, -0.25) is 19.8 Å². The van der Waals surface area contributed by atoms with E-state index in [9.17, 15) is 9.59 Å². The van der Waals surface area contributed by atoms with Crippen LogP contribution in [0.3, 0.4) is 0 Å². The van der Waals surface area contributed by atoms with Crippen LogP contribution in [0.1, 0.15) is 28.4 Å². The second-order valence-electron chi connectivity index (χ2n) is 7.63. The van der Waals surface area contributed by atoms with E-state index in [2.05, 4.69) is 50.3 Å². The summed E-state index contributed by atoms with van der Waals surface area (Å²) in [6.07, 6.45) is -0.00176. The lowest BCUT2D eigenvalue weighted by molar-refractivity contribution is -0.120. The third-order valence-corrected chi connectivity index (χ3v) is 5.11. The van der Waals surface area contributed by atoms with Gasteiger partial charge in [-0.05, 0) is 18.1 Å². The van der Waals surface area contributed by atoms with Crippen LogP contribution in [0.5, 0.6) is 0 Å². The summed E-state index contributed by atoms with van der Waals surface area (Å²) >= 11 is 0. The number of aromatic amines is 1. The van der Waals surface area contributed by atoms with Gasteiger partial charge >= 0.3 is 0 Å². The van der Waals surface area contributed by atoms with Crippen molar-refractivity contribution in [1.82, 2.24) is 20.8 Å². The Bertz CT molecular complexity index is 1110. The molecule has 1 aromatic heterocycles. The summed E-state index contributed by atoms with van der Waals surface area (Å²) in [6.45, 7) is 2.52. The number of hydrogen-bond acceptors (Lipinski definition) is 6. The molecule has 0 bridgehead atoms. The maximum atomic E-state index is 12.5. The second kappa shape index (κ2) is 12.2. The molecule has 0 fully saturated rings. The summed E-state index contributed by atoms with van der Waals surface area (Å²) in [6, 6.07) is 20.1. The standard InChI is InChI=1S/C24H29N7O3/c1-16-20(14-21(32)27-12-13-34-31-24(25)26)30-22(23(33)29-16)28-15-19(17-8-4-2-5-9-17)18-10-6-3-7-11-18/h2-11,19H,12-15H2,1H3,(H,27,32)(H,28,30)(H,29,33)(H4,25,26,31). The molecule has 0 atom stereocenters. The highest BCUT2D eigenvalue weighted by Crippen LogP contribution is 2.24. The first-order valence-electron chi connectivity index (χ1n) is 10.9. The van der Waals surface area contributed by atoms with Crippen LogP contribution in [0.4, 0.5) is 5.82 Å². The molecule has 178 valence electrons. The minimum atomic E-state index is -0.342. The van der Waals surface area contributed by atoms with Crippen molar-refractivity contribution in [2.45, 2.75) is 19.3 Å². The monoisotopic (exact) mass is 463 g/mol.